The third kappa shape index (κ3) is 3.64. The van der Waals surface area contributed by atoms with Gasteiger partial charge in [-0.1, -0.05) is 72.8 Å². The van der Waals surface area contributed by atoms with Gasteiger partial charge in [0.15, 0.2) is 23.4 Å². The van der Waals surface area contributed by atoms with Crippen LogP contribution in [0, 0.1) is 10.1 Å². The number of fused-ring (bicyclic) bond motifs is 1. The van der Waals surface area contributed by atoms with E-state index >= 15 is 0 Å². The number of Topliss-reactive ketones (excluding diaryl/α,β-unsaturated/α-hetero) is 1. The molecule has 30 heavy (non-hydrogen) atoms. The van der Waals surface area contributed by atoms with Crippen molar-refractivity contribution in [2.75, 3.05) is 7.11 Å². The quantitative estimate of drug-likeness (QED) is 0.335. The highest BCUT2D eigenvalue weighted by atomic mass is 16.6. The Hall–Kier alpha value is -3.67. The highest BCUT2D eigenvalue weighted by Crippen LogP contribution is 2.49. The van der Waals surface area contributed by atoms with Crippen molar-refractivity contribution in [3.8, 4) is 11.5 Å². The normalized spacial score (nSPS) is 20.0. The topological polar surface area (TPSA) is 78.7 Å². The van der Waals surface area contributed by atoms with Crippen molar-refractivity contribution in [2.24, 2.45) is 0 Å². The Morgan fingerprint density at radius 3 is 2.30 bits per heavy atom. The van der Waals surface area contributed by atoms with Crippen LogP contribution in [0.5, 0.6) is 11.5 Å². The number of nitro groups is 1. The third-order valence-electron chi connectivity index (χ3n) is 5.47. The molecular formula is C24H21NO5. The van der Waals surface area contributed by atoms with Crippen molar-refractivity contribution in [1.29, 1.82) is 0 Å². The summed E-state index contributed by atoms with van der Waals surface area (Å²) >= 11 is 0. The van der Waals surface area contributed by atoms with Crippen molar-refractivity contribution < 1.29 is 19.2 Å². The Labute approximate surface area is 174 Å². The molecule has 4 rings (SSSR count). The van der Waals surface area contributed by atoms with E-state index in [-0.39, 0.29) is 17.1 Å². The van der Waals surface area contributed by atoms with Gasteiger partial charge < -0.3 is 9.47 Å². The van der Waals surface area contributed by atoms with Crippen LogP contribution in [0.1, 0.15) is 39.9 Å². The van der Waals surface area contributed by atoms with Gasteiger partial charge in [0.1, 0.15) is 0 Å². The fourth-order valence-corrected chi connectivity index (χ4v) is 4.04. The maximum atomic E-state index is 13.0. The van der Waals surface area contributed by atoms with Gasteiger partial charge in [0.2, 0.25) is 0 Å². The summed E-state index contributed by atoms with van der Waals surface area (Å²) in [6, 6.07) is 22.1. The molecule has 0 saturated heterocycles. The van der Waals surface area contributed by atoms with E-state index in [2.05, 4.69) is 0 Å². The third-order valence-corrected chi connectivity index (χ3v) is 5.47. The Kier molecular flexibility index (Phi) is 5.48. The number of carbonyl (C=O) groups is 1. The first-order valence-corrected chi connectivity index (χ1v) is 9.70. The van der Waals surface area contributed by atoms with Crippen LogP contribution in [0.15, 0.2) is 78.9 Å². The van der Waals surface area contributed by atoms with Crippen LogP contribution in [0.25, 0.3) is 0 Å². The van der Waals surface area contributed by atoms with E-state index in [0.717, 1.165) is 0 Å². The van der Waals surface area contributed by atoms with Crippen molar-refractivity contribution in [3.63, 3.8) is 0 Å². The summed E-state index contributed by atoms with van der Waals surface area (Å²) in [4.78, 5) is 24.9. The Balaban J connectivity index is 1.82. The van der Waals surface area contributed by atoms with Gasteiger partial charge in [0, 0.05) is 22.5 Å². The summed E-state index contributed by atoms with van der Waals surface area (Å²) < 4.78 is 11.6. The Morgan fingerprint density at radius 1 is 1.00 bits per heavy atom. The van der Waals surface area contributed by atoms with E-state index in [9.17, 15) is 14.9 Å². The number of ether oxygens (including phenoxy) is 2. The second-order valence-electron chi connectivity index (χ2n) is 7.20. The molecule has 0 amide bonds. The number of ketones is 1. The molecule has 0 aliphatic carbocycles. The van der Waals surface area contributed by atoms with Gasteiger partial charge >= 0.3 is 0 Å². The first-order valence-electron chi connectivity index (χ1n) is 9.70. The van der Waals surface area contributed by atoms with Gasteiger partial charge in [-0.05, 0) is 11.6 Å². The van der Waals surface area contributed by atoms with Crippen LogP contribution in [0.3, 0.4) is 0 Å². The zero-order valence-corrected chi connectivity index (χ0v) is 16.4. The lowest BCUT2D eigenvalue weighted by molar-refractivity contribution is -0.540. The van der Waals surface area contributed by atoms with Gasteiger partial charge in [0.25, 0.3) is 6.04 Å². The van der Waals surface area contributed by atoms with E-state index in [0.29, 0.717) is 28.2 Å². The van der Waals surface area contributed by atoms with Crippen LogP contribution in [-0.2, 0) is 0 Å². The second-order valence-corrected chi connectivity index (χ2v) is 7.20. The molecular weight excluding hydrogens is 382 g/mol. The average molecular weight is 403 g/mol. The molecule has 1 aliphatic heterocycles. The molecule has 0 saturated carbocycles. The second kappa shape index (κ2) is 8.37. The van der Waals surface area contributed by atoms with Gasteiger partial charge in [-0.2, -0.15) is 0 Å². The number of hydrogen-bond donors (Lipinski definition) is 0. The predicted octanol–water partition coefficient (Wildman–Crippen LogP) is 4.83. The summed E-state index contributed by atoms with van der Waals surface area (Å²) in [6.07, 6.45) is -0.832. The number of nitrogens with zero attached hydrogens (tertiary/aromatic N) is 1. The number of methoxy groups -OCH3 is 1. The zero-order valence-electron chi connectivity index (χ0n) is 16.4. The lowest BCUT2D eigenvalue weighted by Crippen LogP contribution is -2.41. The SMILES string of the molecule is COc1cccc2c1O[C@H](c1ccccc1)[C@@H]([N+](=O)[O-])[C@@H]2CC(=O)c1ccccc1. The van der Waals surface area contributed by atoms with Crippen molar-refractivity contribution in [2.45, 2.75) is 24.5 Å². The van der Waals surface area contributed by atoms with Gasteiger partial charge in [0.05, 0.1) is 13.0 Å². The minimum atomic E-state index is -1.11. The molecule has 152 valence electrons. The van der Waals surface area contributed by atoms with Crippen LogP contribution >= 0.6 is 0 Å². The molecule has 6 nitrogen and oxygen atoms in total. The highest BCUT2D eigenvalue weighted by molar-refractivity contribution is 5.96. The smallest absolute Gasteiger partial charge is 0.260 e. The molecule has 0 unspecified atom stereocenters. The predicted molar refractivity (Wildman–Crippen MR) is 112 cm³/mol. The molecule has 0 spiro atoms. The molecule has 0 N–H and O–H groups in total. The molecule has 3 aromatic carbocycles. The molecule has 0 aromatic heterocycles. The summed E-state index contributed by atoms with van der Waals surface area (Å²) in [5.74, 6) is 0.150. The number of carbonyl (C=O) groups excluding carboxylic acids is 1. The standard InChI is InChI=1S/C24H21NO5/c1-29-21-14-8-13-18-19(15-20(26)16-9-4-2-5-10-16)22(25(27)28)23(30-24(18)21)17-11-6-3-7-12-17/h2-14,19,22-23H,15H2,1H3/t19-,22+,23-/m1/s1. The monoisotopic (exact) mass is 403 g/mol. The maximum absolute atomic E-state index is 13.0. The minimum Gasteiger partial charge on any atom is -0.493 e. The van der Waals surface area contributed by atoms with Gasteiger partial charge in [-0.25, -0.2) is 0 Å². The van der Waals surface area contributed by atoms with Gasteiger partial charge in [-0.15, -0.1) is 0 Å². The van der Waals surface area contributed by atoms with Crippen LogP contribution in [-0.4, -0.2) is 23.9 Å². The highest BCUT2D eigenvalue weighted by Gasteiger charge is 2.48. The first kappa shape index (κ1) is 19.6. The van der Waals surface area contributed by atoms with E-state index in [1.807, 2.05) is 24.3 Å². The van der Waals surface area contributed by atoms with Crippen LogP contribution in [0.4, 0.5) is 0 Å². The van der Waals surface area contributed by atoms with Crippen LogP contribution in [0.2, 0.25) is 0 Å². The van der Waals surface area contributed by atoms with E-state index in [1.165, 1.54) is 7.11 Å². The lowest BCUT2D eigenvalue weighted by Gasteiger charge is -2.35. The summed E-state index contributed by atoms with van der Waals surface area (Å²) in [6.45, 7) is 0. The Bertz CT molecular complexity index is 1050. The zero-order chi connectivity index (χ0) is 21.1. The fourth-order valence-electron chi connectivity index (χ4n) is 4.04. The van der Waals surface area contributed by atoms with Gasteiger partial charge in [-0.3, -0.25) is 14.9 Å². The lowest BCUT2D eigenvalue weighted by atomic mass is 9.79. The molecule has 1 aliphatic rings. The first-order chi connectivity index (χ1) is 14.6. The molecule has 0 radical (unpaired) electrons. The molecule has 0 fully saturated rings. The average Bonchev–Trinajstić information content (AvgIpc) is 2.79. The fraction of sp³-hybridized carbons (Fsp3) is 0.208. The minimum absolute atomic E-state index is 0.00250. The molecule has 6 heteroatoms. The van der Waals surface area contributed by atoms with E-state index in [4.69, 9.17) is 9.47 Å². The largest absolute Gasteiger partial charge is 0.493 e. The van der Waals surface area contributed by atoms with E-state index < -0.39 is 18.1 Å². The van der Waals surface area contributed by atoms with Crippen LogP contribution < -0.4 is 9.47 Å². The summed E-state index contributed by atoms with van der Waals surface area (Å²) in [7, 11) is 1.53. The molecule has 0 bridgehead atoms. The number of hydrogen-bond acceptors (Lipinski definition) is 5. The molecule has 3 aromatic rings. The maximum Gasteiger partial charge on any atom is 0.260 e. The number of rotatable bonds is 6. The van der Waals surface area contributed by atoms with E-state index in [1.54, 1.807) is 54.6 Å². The molecule has 1 heterocycles. The Morgan fingerprint density at radius 2 is 1.67 bits per heavy atom. The summed E-state index contributed by atoms with van der Waals surface area (Å²) in [5.41, 5.74) is 1.84. The molecule has 3 atom stereocenters. The number of benzene rings is 3. The number of para-hydroxylation sites is 1. The van der Waals surface area contributed by atoms with Crippen molar-refractivity contribution in [3.05, 3.63) is 106 Å². The van der Waals surface area contributed by atoms with Crippen molar-refractivity contribution >= 4 is 5.78 Å². The van der Waals surface area contributed by atoms with Crippen molar-refractivity contribution in [1.82, 2.24) is 0 Å². The summed E-state index contributed by atoms with van der Waals surface area (Å²) in [5, 5.41) is 12.2.